The molecule has 1 heterocycles. The van der Waals surface area contributed by atoms with Crippen molar-refractivity contribution in [2.45, 2.75) is 52.1 Å². The van der Waals surface area contributed by atoms with Gasteiger partial charge in [-0.2, -0.15) is 0 Å². The van der Waals surface area contributed by atoms with E-state index in [-0.39, 0.29) is 17.5 Å². The van der Waals surface area contributed by atoms with Crippen LogP contribution in [0.4, 0.5) is 0 Å². The SMILES string of the molecule is CC(C)CC(=O)N1C(Cc2ccccc2)COCC1(C)C. The summed E-state index contributed by atoms with van der Waals surface area (Å²) in [7, 11) is 0. The molecule has 21 heavy (non-hydrogen) atoms. The van der Waals surface area contributed by atoms with Gasteiger partial charge in [0.1, 0.15) is 0 Å². The van der Waals surface area contributed by atoms with Gasteiger partial charge in [0.15, 0.2) is 0 Å². The third-order valence-electron chi connectivity index (χ3n) is 3.95. The Labute approximate surface area is 128 Å². The van der Waals surface area contributed by atoms with Gasteiger partial charge in [0.2, 0.25) is 5.91 Å². The molecule has 116 valence electrons. The maximum atomic E-state index is 12.7. The van der Waals surface area contributed by atoms with E-state index in [9.17, 15) is 4.79 Å². The van der Waals surface area contributed by atoms with Crippen molar-refractivity contribution in [3.05, 3.63) is 35.9 Å². The molecule has 0 spiro atoms. The summed E-state index contributed by atoms with van der Waals surface area (Å²) in [6.07, 6.45) is 1.46. The third kappa shape index (κ3) is 4.07. The fraction of sp³-hybridized carbons (Fsp3) is 0.611. The molecule has 1 amide bonds. The molecule has 0 saturated carbocycles. The second-order valence-corrected chi connectivity index (χ2v) is 7.03. The molecule has 0 bridgehead atoms. The van der Waals surface area contributed by atoms with Gasteiger partial charge in [-0.15, -0.1) is 0 Å². The molecule has 0 aliphatic carbocycles. The highest BCUT2D eigenvalue weighted by molar-refractivity contribution is 5.77. The van der Waals surface area contributed by atoms with E-state index in [2.05, 4.69) is 44.7 Å². The Kier molecular flexibility index (Phi) is 5.04. The van der Waals surface area contributed by atoms with E-state index in [1.54, 1.807) is 0 Å². The number of nitrogens with zero attached hydrogens (tertiary/aromatic N) is 1. The number of amides is 1. The zero-order valence-corrected chi connectivity index (χ0v) is 13.6. The summed E-state index contributed by atoms with van der Waals surface area (Å²) in [6, 6.07) is 10.5. The van der Waals surface area contributed by atoms with E-state index in [1.165, 1.54) is 5.56 Å². The third-order valence-corrected chi connectivity index (χ3v) is 3.95. The first-order valence-corrected chi connectivity index (χ1v) is 7.84. The van der Waals surface area contributed by atoms with Gasteiger partial charge in [0, 0.05) is 6.42 Å². The summed E-state index contributed by atoms with van der Waals surface area (Å²) in [5.74, 6) is 0.632. The van der Waals surface area contributed by atoms with Crippen molar-refractivity contribution < 1.29 is 9.53 Å². The number of benzene rings is 1. The van der Waals surface area contributed by atoms with E-state index in [0.29, 0.717) is 25.6 Å². The van der Waals surface area contributed by atoms with Gasteiger partial charge in [0.05, 0.1) is 24.8 Å². The minimum absolute atomic E-state index is 0.127. The topological polar surface area (TPSA) is 29.5 Å². The Morgan fingerprint density at radius 1 is 1.33 bits per heavy atom. The predicted octanol–water partition coefficient (Wildman–Crippen LogP) is 3.28. The van der Waals surface area contributed by atoms with Gasteiger partial charge < -0.3 is 9.64 Å². The van der Waals surface area contributed by atoms with Crippen molar-refractivity contribution >= 4 is 5.91 Å². The number of morpholine rings is 1. The average Bonchev–Trinajstić information content (AvgIpc) is 2.37. The first-order chi connectivity index (χ1) is 9.90. The molecule has 1 saturated heterocycles. The monoisotopic (exact) mass is 289 g/mol. The minimum Gasteiger partial charge on any atom is -0.377 e. The van der Waals surface area contributed by atoms with Crippen LogP contribution < -0.4 is 0 Å². The number of ether oxygens (including phenoxy) is 1. The molecular formula is C18H27NO2. The number of carbonyl (C=O) groups excluding carboxylic acids is 1. The zero-order valence-electron chi connectivity index (χ0n) is 13.6. The van der Waals surface area contributed by atoms with Crippen LogP contribution in [0.1, 0.15) is 39.7 Å². The first kappa shape index (κ1) is 16.0. The normalized spacial score (nSPS) is 21.6. The lowest BCUT2D eigenvalue weighted by atomic mass is 9.93. The molecule has 3 nitrogen and oxygen atoms in total. The van der Waals surface area contributed by atoms with E-state index < -0.39 is 0 Å². The summed E-state index contributed by atoms with van der Waals surface area (Å²) in [4.78, 5) is 14.8. The van der Waals surface area contributed by atoms with Gasteiger partial charge in [-0.1, -0.05) is 44.2 Å². The molecule has 1 atom stereocenters. The molecule has 1 aliphatic heterocycles. The van der Waals surface area contributed by atoms with Gasteiger partial charge in [-0.3, -0.25) is 4.79 Å². The lowest BCUT2D eigenvalue weighted by Gasteiger charge is -2.48. The molecule has 0 N–H and O–H groups in total. The number of hydrogen-bond donors (Lipinski definition) is 0. The highest BCUT2D eigenvalue weighted by atomic mass is 16.5. The fourth-order valence-electron chi connectivity index (χ4n) is 3.11. The van der Waals surface area contributed by atoms with E-state index in [1.807, 2.05) is 18.2 Å². The van der Waals surface area contributed by atoms with Crippen LogP contribution in [-0.2, 0) is 16.0 Å². The molecule has 1 aromatic carbocycles. The van der Waals surface area contributed by atoms with Crippen molar-refractivity contribution in [3.63, 3.8) is 0 Å². The highest BCUT2D eigenvalue weighted by Crippen LogP contribution is 2.27. The van der Waals surface area contributed by atoms with Crippen LogP contribution in [0.3, 0.4) is 0 Å². The molecule has 3 heteroatoms. The van der Waals surface area contributed by atoms with Crippen LogP contribution in [-0.4, -0.2) is 35.6 Å². The Balaban J connectivity index is 2.18. The van der Waals surface area contributed by atoms with Crippen molar-refractivity contribution in [1.29, 1.82) is 0 Å². The number of rotatable bonds is 4. The van der Waals surface area contributed by atoms with Gasteiger partial charge >= 0.3 is 0 Å². The zero-order chi connectivity index (χ0) is 15.5. The Morgan fingerprint density at radius 2 is 2.00 bits per heavy atom. The summed E-state index contributed by atoms with van der Waals surface area (Å²) >= 11 is 0. The smallest absolute Gasteiger partial charge is 0.223 e. The Hall–Kier alpha value is -1.35. The summed E-state index contributed by atoms with van der Waals surface area (Å²) in [5.41, 5.74) is 1.02. The number of carbonyl (C=O) groups is 1. The molecule has 0 radical (unpaired) electrons. The molecule has 1 unspecified atom stereocenters. The summed E-state index contributed by atoms with van der Waals surface area (Å²) in [5, 5.41) is 0. The Morgan fingerprint density at radius 3 is 2.62 bits per heavy atom. The molecular weight excluding hydrogens is 262 g/mol. The first-order valence-electron chi connectivity index (χ1n) is 7.84. The molecule has 1 aromatic rings. The fourth-order valence-corrected chi connectivity index (χ4v) is 3.11. The van der Waals surface area contributed by atoms with Crippen molar-refractivity contribution in [2.75, 3.05) is 13.2 Å². The molecule has 2 rings (SSSR count). The van der Waals surface area contributed by atoms with Crippen molar-refractivity contribution in [2.24, 2.45) is 5.92 Å². The predicted molar refractivity (Wildman–Crippen MR) is 85.1 cm³/mol. The quantitative estimate of drug-likeness (QED) is 0.851. The maximum absolute atomic E-state index is 12.7. The average molecular weight is 289 g/mol. The van der Waals surface area contributed by atoms with Crippen LogP contribution >= 0.6 is 0 Å². The standard InChI is InChI=1S/C18H27NO2/c1-14(2)10-17(20)19-16(12-21-13-18(19,3)4)11-15-8-6-5-7-9-15/h5-9,14,16H,10-13H2,1-4H3. The lowest BCUT2D eigenvalue weighted by Crippen LogP contribution is -2.61. The lowest BCUT2D eigenvalue weighted by molar-refractivity contribution is -0.155. The highest BCUT2D eigenvalue weighted by Gasteiger charge is 2.40. The van der Waals surface area contributed by atoms with E-state index in [0.717, 1.165) is 6.42 Å². The van der Waals surface area contributed by atoms with E-state index in [4.69, 9.17) is 4.74 Å². The molecule has 0 aromatic heterocycles. The van der Waals surface area contributed by atoms with Gasteiger partial charge in [0.25, 0.3) is 0 Å². The van der Waals surface area contributed by atoms with Crippen LogP contribution in [0.2, 0.25) is 0 Å². The van der Waals surface area contributed by atoms with Crippen LogP contribution in [0.15, 0.2) is 30.3 Å². The molecule has 1 fully saturated rings. The van der Waals surface area contributed by atoms with E-state index >= 15 is 0 Å². The van der Waals surface area contributed by atoms with Crippen LogP contribution in [0.5, 0.6) is 0 Å². The Bertz CT molecular complexity index is 467. The largest absolute Gasteiger partial charge is 0.377 e. The number of hydrogen-bond acceptors (Lipinski definition) is 2. The van der Waals surface area contributed by atoms with Crippen molar-refractivity contribution in [1.82, 2.24) is 4.90 Å². The van der Waals surface area contributed by atoms with Gasteiger partial charge in [-0.25, -0.2) is 0 Å². The molecule has 1 aliphatic rings. The second kappa shape index (κ2) is 6.61. The maximum Gasteiger partial charge on any atom is 0.223 e. The second-order valence-electron chi connectivity index (χ2n) is 7.03. The van der Waals surface area contributed by atoms with Crippen LogP contribution in [0, 0.1) is 5.92 Å². The summed E-state index contributed by atoms with van der Waals surface area (Å²) < 4.78 is 5.76. The minimum atomic E-state index is -0.232. The van der Waals surface area contributed by atoms with Crippen molar-refractivity contribution in [3.8, 4) is 0 Å². The summed E-state index contributed by atoms with van der Waals surface area (Å²) in [6.45, 7) is 9.63. The van der Waals surface area contributed by atoms with Crippen LogP contribution in [0.25, 0.3) is 0 Å². The van der Waals surface area contributed by atoms with Gasteiger partial charge in [-0.05, 0) is 31.7 Å².